The molecule has 1 aliphatic heterocycles. The molecule has 1 saturated heterocycles. The number of piperidine rings is 1. The smallest absolute Gasteiger partial charge is 0.331 e. The minimum Gasteiger partial charge on any atom is -0.478 e. The molecule has 0 aromatic rings. The molecule has 1 fully saturated rings. The summed E-state index contributed by atoms with van der Waals surface area (Å²) in [5.41, 5.74) is 0.519. The molecule has 0 aliphatic carbocycles. The van der Waals surface area contributed by atoms with Crippen molar-refractivity contribution in [3.8, 4) is 0 Å². The lowest BCUT2D eigenvalue weighted by molar-refractivity contribution is -0.132. The number of likely N-dealkylation sites (N-methyl/N-ethyl adjacent to an activating group) is 1. The van der Waals surface area contributed by atoms with Crippen LogP contribution in [0.2, 0.25) is 0 Å². The third-order valence-corrected chi connectivity index (χ3v) is 3.71. The first kappa shape index (κ1) is 15.2. The minimum atomic E-state index is -0.787. The highest BCUT2D eigenvalue weighted by Gasteiger charge is 2.17. The number of likely N-dealkylation sites (tertiary alicyclic amines) is 1. The van der Waals surface area contributed by atoms with Gasteiger partial charge in [-0.15, -0.1) is 0 Å². The molecule has 1 aliphatic rings. The van der Waals surface area contributed by atoms with Crippen LogP contribution in [0.5, 0.6) is 0 Å². The number of carbonyl (C=O) groups is 1. The summed E-state index contributed by atoms with van der Waals surface area (Å²) in [6, 6.07) is 0. The van der Waals surface area contributed by atoms with Crippen LogP contribution in [-0.4, -0.2) is 61.2 Å². The quantitative estimate of drug-likeness (QED) is 0.732. The van der Waals surface area contributed by atoms with E-state index in [1.807, 2.05) is 13.0 Å². The number of hydrogen-bond acceptors (Lipinski definition) is 3. The van der Waals surface area contributed by atoms with Crippen molar-refractivity contribution in [3.05, 3.63) is 11.6 Å². The Morgan fingerprint density at radius 3 is 2.56 bits per heavy atom. The Labute approximate surface area is 110 Å². The fraction of sp³-hybridized carbons (Fsp3) is 0.786. The first-order valence-corrected chi connectivity index (χ1v) is 6.82. The van der Waals surface area contributed by atoms with E-state index in [2.05, 4.69) is 23.9 Å². The van der Waals surface area contributed by atoms with Crippen LogP contribution in [0.4, 0.5) is 0 Å². The van der Waals surface area contributed by atoms with E-state index < -0.39 is 5.97 Å². The Hall–Kier alpha value is -0.870. The molecule has 0 unspecified atom stereocenters. The topological polar surface area (TPSA) is 43.8 Å². The van der Waals surface area contributed by atoms with Crippen LogP contribution >= 0.6 is 0 Å². The van der Waals surface area contributed by atoms with Gasteiger partial charge in [-0.2, -0.15) is 0 Å². The molecule has 18 heavy (non-hydrogen) atoms. The fourth-order valence-electron chi connectivity index (χ4n) is 2.41. The Bertz CT molecular complexity index is 294. The van der Waals surface area contributed by atoms with Gasteiger partial charge in [-0.25, -0.2) is 4.79 Å². The molecule has 0 bridgehead atoms. The predicted molar refractivity (Wildman–Crippen MR) is 73.7 cm³/mol. The van der Waals surface area contributed by atoms with Crippen molar-refractivity contribution >= 4 is 5.97 Å². The highest BCUT2D eigenvalue weighted by molar-refractivity contribution is 5.86. The average Bonchev–Trinajstić information content (AvgIpc) is 2.32. The predicted octanol–water partition coefficient (Wildman–Crippen LogP) is 1.68. The maximum Gasteiger partial charge on any atom is 0.331 e. The van der Waals surface area contributed by atoms with E-state index in [1.165, 1.54) is 25.9 Å². The SMILES string of the molecule is CCC(=CCN(C)CC1CCN(C)CC1)C(=O)O. The zero-order valence-electron chi connectivity index (χ0n) is 11.9. The summed E-state index contributed by atoms with van der Waals surface area (Å²) in [5.74, 6) is -0.0281. The van der Waals surface area contributed by atoms with E-state index in [9.17, 15) is 4.79 Å². The van der Waals surface area contributed by atoms with Crippen molar-refractivity contribution in [2.45, 2.75) is 26.2 Å². The van der Waals surface area contributed by atoms with Crippen LogP contribution in [0.3, 0.4) is 0 Å². The monoisotopic (exact) mass is 254 g/mol. The number of hydrogen-bond donors (Lipinski definition) is 1. The van der Waals surface area contributed by atoms with Crippen LogP contribution in [0.15, 0.2) is 11.6 Å². The van der Waals surface area contributed by atoms with Crippen molar-refractivity contribution < 1.29 is 9.90 Å². The van der Waals surface area contributed by atoms with Crippen molar-refractivity contribution in [2.24, 2.45) is 5.92 Å². The van der Waals surface area contributed by atoms with Crippen molar-refractivity contribution in [3.63, 3.8) is 0 Å². The van der Waals surface area contributed by atoms with Gasteiger partial charge >= 0.3 is 5.97 Å². The number of carboxylic acid groups (broad SMARTS) is 1. The Balaban J connectivity index is 2.33. The van der Waals surface area contributed by atoms with Crippen LogP contribution in [0.25, 0.3) is 0 Å². The molecule has 1 heterocycles. The van der Waals surface area contributed by atoms with Gasteiger partial charge in [-0.05, 0) is 52.4 Å². The van der Waals surface area contributed by atoms with Crippen LogP contribution in [-0.2, 0) is 4.79 Å². The maximum atomic E-state index is 10.9. The molecular formula is C14H26N2O2. The lowest BCUT2D eigenvalue weighted by Crippen LogP contribution is -2.35. The van der Waals surface area contributed by atoms with E-state index in [0.717, 1.165) is 19.0 Å². The van der Waals surface area contributed by atoms with Gasteiger partial charge in [0.1, 0.15) is 0 Å². The minimum absolute atomic E-state index is 0.519. The molecule has 0 aromatic heterocycles. The molecular weight excluding hydrogens is 228 g/mol. The van der Waals surface area contributed by atoms with Crippen LogP contribution < -0.4 is 0 Å². The Morgan fingerprint density at radius 2 is 2.06 bits per heavy atom. The second-order valence-electron chi connectivity index (χ2n) is 5.36. The van der Waals surface area contributed by atoms with Crippen LogP contribution in [0, 0.1) is 5.92 Å². The molecule has 1 rings (SSSR count). The highest BCUT2D eigenvalue weighted by Crippen LogP contribution is 2.16. The van der Waals surface area contributed by atoms with Gasteiger partial charge in [0.05, 0.1) is 0 Å². The zero-order chi connectivity index (χ0) is 13.5. The van der Waals surface area contributed by atoms with E-state index in [1.54, 1.807) is 0 Å². The lowest BCUT2D eigenvalue weighted by atomic mass is 9.97. The second-order valence-corrected chi connectivity index (χ2v) is 5.36. The van der Waals surface area contributed by atoms with Gasteiger partial charge in [0.15, 0.2) is 0 Å². The fourth-order valence-corrected chi connectivity index (χ4v) is 2.41. The molecule has 0 aromatic carbocycles. The molecule has 4 nitrogen and oxygen atoms in total. The zero-order valence-corrected chi connectivity index (χ0v) is 11.9. The Kier molecular flexibility index (Phi) is 6.36. The van der Waals surface area contributed by atoms with Gasteiger partial charge in [-0.1, -0.05) is 13.0 Å². The van der Waals surface area contributed by atoms with Crippen molar-refractivity contribution in [1.82, 2.24) is 9.80 Å². The summed E-state index contributed by atoms with van der Waals surface area (Å²) >= 11 is 0. The summed E-state index contributed by atoms with van der Waals surface area (Å²) in [6.45, 7) is 6.06. The standard InChI is InChI=1S/C14H26N2O2/c1-4-13(14(17)18)7-10-16(3)11-12-5-8-15(2)9-6-12/h7,12H,4-6,8-11H2,1-3H3,(H,17,18). The molecule has 4 heteroatoms. The van der Waals surface area contributed by atoms with E-state index in [4.69, 9.17) is 5.11 Å². The molecule has 0 atom stereocenters. The average molecular weight is 254 g/mol. The van der Waals surface area contributed by atoms with Crippen molar-refractivity contribution in [1.29, 1.82) is 0 Å². The highest BCUT2D eigenvalue weighted by atomic mass is 16.4. The van der Waals surface area contributed by atoms with E-state index >= 15 is 0 Å². The number of carboxylic acids is 1. The molecule has 104 valence electrons. The van der Waals surface area contributed by atoms with Gasteiger partial charge in [0.25, 0.3) is 0 Å². The van der Waals surface area contributed by atoms with Gasteiger partial charge in [0, 0.05) is 18.7 Å². The summed E-state index contributed by atoms with van der Waals surface area (Å²) in [6.07, 6.45) is 4.95. The summed E-state index contributed by atoms with van der Waals surface area (Å²) in [7, 11) is 4.24. The van der Waals surface area contributed by atoms with Gasteiger partial charge in [0.2, 0.25) is 0 Å². The summed E-state index contributed by atoms with van der Waals surface area (Å²) in [4.78, 5) is 15.5. The van der Waals surface area contributed by atoms with Crippen molar-refractivity contribution in [2.75, 3.05) is 40.3 Å². The normalized spacial score (nSPS) is 19.4. The van der Waals surface area contributed by atoms with Gasteiger partial charge in [-0.3, -0.25) is 0 Å². The third-order valence-electron chi connectivity index (χ3n) is 3.71. The molecule has 0 spiro atoms. The number of rotatable bonds is 6. The summed E-state index contributed by atoms with van der Waals surface area (Å²) in [5, 5.41) is 8.94. The third kappa shape index (κ3) is 5.19. The lowest BCUT2D eigenvalue weighted by Gasteiger charge is -2.31. The summed E-state index contributed by atoms with van der Waals surface area (Å²) < 4.78 is 0. The van der Waals surface area contributed by atoms with Crippen LogP contribution in [0.1, 0.15) is 26.2 Å². The number of nitrogens with zero attached hydrogens (tertiary/aromatic N) is 2. The van der Waals surface area contributed by atoms with E-state index in [-0.39, 0.29) is 0 Å². The maximum absolute atomic E-state index is 10.9. The van der Waals surface area contributed by atoms with E-state index in [0.29, 0.717) is 12.0 Å². The first-order chi connectivity index (χ1) is 8.52. The molecule has 1 N–H and O–H groups in total. The second kappa shape index (κ2) is 7.54. The first-order valence-electron chi connectivity index (χ1n) is 6.82. The molecule has 0 saturated carbocycles. The molecule has 0 radical (unpaired) electrons. The molecule has 0 amide bonds. The number of aliphatic carboxylic acids is 1. The van der Waals surface area contributed by atoms with Gasteiger partial charge < -0.3 is 14.9 Å². The Morgan fingerprint density at radius 1 is 1.44 bits per heavy atom. The largest absolute Gasteiger partial charge is 0.478 e.